The van der Waals surface area contributed by atoms with E-state index in [1.807, 2.05) is 20.8 Å². The molecular formula is C13H25NO2. The standard InChI is InChI=1S/C13H25NO2/c1-12(2,3)8-7-11(16)14-9-10(15)13(4,5)6/h7-9H2,1-6H3,(H,14,16). The van der Waals surface area contributed by atoms with E-state index in [0.717, 1.165) is 6.42 Å². The van der Waals surface area contributed by atoms with E-state index in [0.29, 0.717) is 6.42 Å². The summed E-state index contributed by atoms with van der Waals surface area (Å²) in [5, 5.41) is 2.67. The molecule has 16 heavy (non-hydrogen) atoms. The van der Waals surface area contributed by atoms with E-state index >= 15 is 0 Å². The minimum Gasteiger partial charge on any atom is -0.349 e. The second kappa shape index (κ2) is 5.46. The Balaban J connectivity index is 3.88. The summed E-state index contributed by atoms with van der Waals surface area (Å²) >= 11 is 0. The fraction of sp³-hybridized carbons (Fsp3) is 0.846. The Morgan fingerprint density at radius 2 is 1.50 bits per heavy atom. The zero-order valence-electron chi connectivity index (χ0n) is 11.4. The number of ketones is 1. The van der Waals surface area contributed by atoms with Crippen molar-refractivity contribution in [2.75, 3.05) is 6.54 Å². The number of hydrogen-bond acceptors (Lipinski definition) is 2. The molecule has 0 rings (SSSR count). The molecule has 0 saturated heterocycles. The van der Waals surface area contributed by atoms with Crippen molar-refractivity contribution in [1.29, 1.82) is 0 Å². The Hall–Kier alpha value is -0.860. The van der Waals surface area contributed by atoms with Gasteiger partial charge in [0.15, 0.2) is 5.78 Å². The van der Waals surface area contributed by atoms with Gasteiger partial charge in [0.05, 0.1) is 6.54 Å². The highest BCUT2D eigenvalue weighted by Gasteiger charge is 2.21. The summed E-state index contributed by atoms with van der Waals surface area (Å²) < 4.78 is 0. The van der Waals surface area contributed by atoms with Crippen LogP contribution in [0.3, 0.4) is 0 Å². The quantitative estimate of drug-likeness (QED) is 0.802. The Labute approximate surface area is 99.0 Å². The van der Waals surface area contributed by atoms with Crippen molar-refractivity contribution in [3.8, 4) is 0 Å². The maximum atomic E-state index is 11.6. The van der Waals surface area contributed by atoms with Crippen LogP contribution in [0.25, 0.3) is 0 Å². The third kappa shape index (κ3) is 7.43. The highest BCUT2D eigenvalue weighted by Crippen LogP contribution is 2.20. The summed E-state index contributed by atoms with van der Waals surface area (Å²) in [6, 6.07) is 0. The fourth-order valence-electron chi connectivity index (χ4n) is 1.02. The third-order valence-corrected chi connectivity index (χ3v) is 2.38. The van der Waals surface area contributed by atoms with Gasteiger partial charge >= 0.3 is 0 Å². The van der Waals surface area contributed by atoms with E-state index in [-0.39, 0.29) is 29.1 Å². The van der Waals surface area contributed by atoms with E-state index in [9.17, 15) is 9.59 Å². The molecule has 94 valence electrons. The summed E-state index contributed by atoms with van der Waals surface area (Å²) in [4.78, 5) is 23.0. The van der Waals surface area contributed by atoms with E-state index in [1.54, 1.807) is 0 Å². The molecule has 0 bridgehead atoms. The van der Waals surface area contributed by atoms with Gasteiger partial charge in [-0.3, -0.25) is 9.59 Å². The predicted octanol–water partition coefficient (Wildman–Crippen LogP) is 2.54. The van der Waals surface area contributed by atoms with Gasteiger partial charge in [0, 0.05) is 11.8 Å². The van der Waals surface area contributed by atoms with Crippen molar-refractivity contribution in [1.82, 2.24) is 5.32 Å². The van der Waals surface area contributed by atoms with E-state index in [1.165, 1.54) is 0 Å². The first-order valence-corrected chi connectivity index (χ1v) is 5.82. The lowest BCUT2D eigenvalue weighted by atomic mass is 9.90. The first kappa shape index (κ1) is 15.1. The molecule has 0 aromatic carbocycles. The molecule has 0 aromatic heterocycles. The van der Waals surface area contributed by atoms with Crippen LogP contribution in [0.2, 0.25) is 0 Å². The molecule has 0 aliphatic carbocycles. The summed E-state index contributed by atoms with van der Waals surface area (Å²) in [6.07, 6.45) is 1.32. The van der Waals surface area contributed by atoms with Crippen molar-refractivity contribution in [3.63, 3.8) is 0 Å². The molecule has 0 atom stereocenters. The van der Waals surface area contributed by atoms with Gasteiger partial charge in [-0.15, -0.1) is 0 Å². The number of rotatable bonds is 4. The van der Waals surface area contributed by atoms with Crippen LogP contribution < -0.4 is 5.32 Å². The summed E-state index contributed by atoms with van der Waals surface area (Å²) in [6.45, 7) is 12.0. The average Bonchev–Trinajstić information content (AvgIpc) is 2.08. The number of hydrogen-bond donors (Lipinski definition) is 1. The number of carbonyl (C=O) groups is 2. The van der Waals surface area contributed by atoms with Crippen molar-refractivity contribution >= 4 is 11.7 Å². The first-order chi connectivity index (χ1) is 7.02. The van der Waals surface area contributed by atoms with E-state index in [2.05, 4.69) is 26.1 Å². The fourth-order valence-corrected chi connectivity index (χ4v) is 1.02. The van der Waals surface area contributed by atoms with Crippen LogP contribution >= 0.6 is 0 Å². The van der Waals surface area contributed by atoms with Gasteiger partial charge in [-0.05, 0) is 11.8 Å². The largest absolute Gasteiger partial charge is 0.349 e. The molecule has 1 amide bonds. The lowest BCUT2D eigenvalue weighted by Crippen LogP contribution is -2.35. The Kier molecular flexibility index (Phi) is 5.17. The van der Waals surface area contributed by atoms with Crippen molar-refractivity contribution in [2.24, 2.45) is 10.8 Å². The second-order valence-corrected chi connectivity index (χ2v) is 6.51. The molecule has 1 N–H and O–H groups in total. The molecule has 3 heteroatoms. The van der Waals surface area contributed by atoms with Gasteiger partial charge in [-0.25, -0.2) is 0 Å². The van der Waals surface area contributed by atoms with Gasteiger partial charge in [0.1, 0.15) is 0 Å². The smallest absolute Gasteiger partial charge is 0.220 e. The molecule has 0 heterocycles. The number of Topliss-reactive ketones (excluding diaryl/α,β-unsaturated/α-hetero) is 1. The molecule has 0 radical (unpaired) electrons. The Morgan fingerprint density at radius 1 is 1.00 bits per heavy atom. The van der Waals surface area contributed by atoms with Gasteiger partial charge in [-0.2, -0.15) is 0 Å². The molecular weight excluding hydrogens is 202 g/mol. The molecule has 0 fully saturated rings. The molecule has 0 spiro atoms. The molecule has 0 aliphatic heterocycles. The van der Waals surface area contributed by atoms with Gasteiger partial charge in [0.25, 0.3) is 0 Å². The molecule has 3 nitrogen and oxygen atoms in total. The molecule has 0 saturated carbocycles. The molecule has 0 aliphatic rings. The Bertz CT molecular complexity index is 256. The summed E-state index contributed by atoms with van der Waals surface area (Å²) in [5.74, 6) is 0.0316. The van der Waals surface area contributed by atoms with Crippen LogP contribution in [0.15, 0.2) is 0 Å². The number of carbonyl (C=O) groups excluding carboxylic acids is 2. The summed E-state index contributed by atoms with van der Waals surface area (Å²) in [7, 11) is 0. The van der Waals surface area contributed by atoms with Crippen molar-refractivity contribution in [2.45, 2.75) is 54.4 Å². The minimum absolute atomic E-state index is 0.0347. The van der Waals surface area contributed by atoms with Gasteiger partial charge < -0.3 is 5.32 Å². The zero-order chi connectivity index (χ0) is 13.0. The highest BCUT2D eigenvalue weighted by molar-refractivity contribution is 5.89. The normalized spacial score (nSPS) is 12.4. The highest BCUT2D eigenvalue weighted by atomic mass is 16.2. The number of nitrogens with one attached hydrogen (secondary N) is 1. The topological polar surface area (TPSA) is 46.2 Å². The predicted molar refractivity (Wildman–Crippen MR) is 66.2 cm³/mol. The van der Waals surface area contributed by atoms with Crippen molar-refractivity contribution < 1.29 is 9.59 Å². The summed E-state index contributed by atoms with van der Waals surface area (Å²) in [5.41, 5.74) is -0.220. The Morgan fingerprint density at radius 3 is 1.88 bits per heavy atom. The van der Waals surface area contributed by atoms with Gasteiger partial charge in [0.2, 0.25) is 5.91 Å². The van der Waals surface area contributed by atoms with Crippen LogP contribution in [0.5, 0.6) is 0 Å². The van der Waals surface area contributed by atoms with Crippen LogP contribution in [0.1, 0.15) is 54.4 Å². The maximum absolute atomic E-state index is 11.6. The second-order valence-electron chi connectivity index (χ2n) is 6.51. The van der Waals surface area contributed by atoms with Crippen LogP contribution in [0.4, 0.5) is 0 Å². The third-order valence-electron chi connectivity index (χ3n) is 2.38. The van der Waals surface area contributed by atoms with E-state index < -0.39 is 0 Å². The SMILES string of the molecule is CC(C)(C)CCC(=O)NCC(=O)C(C)(C)C. The maximum Gasteiger partial charge on any atom is 0.220 e. The van der Waals surface area contributed by atoms with Crippen LogP contribution in [0, 0.1) is 10.8 Å². The molecule has 0 aromatic rings. The number of amides is 1. The lowest BCUT2D eigenvalue weighted by Gasteiger charge is -2.19. The lowest BCUT2D eigenvalue weighted by molar-refractivity contribution is -0.129. The van der Waals surface area contributed by atoms with Gasteiger partial charge in [-0.1, -0.05) is 41.5 Å². The minimum atomic E-state index is -0.378. The van der Waals surface area contributed by atoms with Crippen LogP contribution in [-0.4, -0.2) is 18.2 Å². The van der Waals surface area contributed by atoms with Crippen molar-refractivity contribution in [3.05, 3.63) is 0 Å². The first-order valence-electron chi connectivity index (χ1n) is 5.82. The van der Waals surface area contributed by atoms with E-state index in [4.69, 9.17) is 0 Å². The average molecular weight is 227 g/mol. The van der Waals surface area contributed by atoms with Crippen LogP contribution in [-0.2, 0) is 9.59 Å². The monoisotopic (exact) mass is 227 g/mol. The zero-order valence-corrected chi connectivity index (χ0v) is 11.4. The molecule has 0 unspecified atom stereocenters.